The Morgan fingerprint density at radius 2 is 2.29 bits per heavy atom. The van der Waals surface area contributed by atoms with Crippen molar-refractivity contribution in [3.05, 3.63) is 24.5 Å². The SMILES string of the molecule is CN(C#N)c1ccc2c(c1)ncn2C. The zero-order valence-electron chi connectivity index (χ0n) is 8.10. The van der Waals surface area contributed by atoms with E-state index < -0.39 is 0 Å². The van der Waals surface area contributed by atoms with Crippen LogP contribution < -0.4 is 4.90 Å². The highest BCUT2D eigenvalue weighted by Crippen LogP contribution is 2.19. The normalized spacial score (nSPS) is 10.1. The van der Waals surface area contributed by atoms with Crippen LogP contribution in [0.2, 0.25) is 0 Å². The number of anilines is 1. The van der Waals surface area contributed by atoms with E-state index in [1.807, 2.05) is 29.8 Å². The Morgan fingerprint density at radius 3 is 3.00 bits per heavy atom. The molecular weight excluding hydrogens is 176 g/mol. The summed E-state index contributed by atoms with van der Waals surface area (Å²) in [5.41, 5.74) is 2.84. The van der Waals surface area contributed by atoms with Crippen molar-refractivity contribution in [3.63, 3.8) is 0 Å². The number of aromatic nitrogens is 2. The molecule has 0 saturated heterocycles. The minimum absolute atomic E-state index is 0.860. The van der Waals surface area contributed by atoms with Crippen molar-refractivity contribution in [1.82, 2.24) is 9.55 Å². The predicted molar refractivity (Wildman–Crippen MR) is 54.7 cm³/mol. The Hall–Kier alpha value is -2.02. The number of imidazole rings is 1. The molecule has 0 spiro atoms. The lowest BCUT2D eigenvalue weighted by atomic mass is 10.2. The molecule has 0 aliphatic rings. The van der Waals surface area contributed by atoms with Gasteiger partial charge in [0.05, 0.1) is 23.0 Å². The molecular formula is C10H10N4. The van der Waals surface area contributed by atoms with E-state index in [4.69, 9.17) is 5.26 Å². The number of hydrogen-bond acceptors (Lipinski definition) is 3. The lowest BCUT2D eigenvalue weighted by Crippen LogP contribution is -2.07. The quantitative estimate of drug-likeness (QED) is 0.500. The molecule has 0 N–H and O–H groups in total. The van der Waals surface area contributed by atoms with Crippen molar-refractivity contribution in [2.45, 2.75) is 0 Å². The summed E-state index contributed by atoms with van der Waals surface area (Å²) >= 11 is 0. The molecule has 0 aliphatic carbocycles. The van der Waals surface area contributed by atoms with Crippen molar-refractivity contribution in [2.75, 3.05) is 11.9 Å². The van der Waals surface area contributed by atoms with Crippen LogP contribution in [0.15, 0.2) is 24.5 Å². The number of nitrogens with zero attached hydrogens (tertiary/aromatic N) is 4. The van der Waals surface area contributed by atoms with Crippen molar-refractivity contribution in [1.29, 1.82) is 5.26 Å². The minimum Gasteiger partial charge on any atom is -0.334 e. The lowest BCUT2D eigenvalue weighted by molar-refractivity contribution is 0.947. The maximum atomic E-state index is 8.72. The molecule has 0 amide bonds. The van der Waals surface area contributed by atoms with Crippen LogP contribution in [0.25, 0.3) is 11.0 Å². The summed E-state index contributed by atoms with van der Waals surface area (Å²) in [7, 11) is 3.67. The molecule has 2 aromatic rings. The first-order valence-electron chi connectivity index (χ1n) is 4.27. The third kappa shape index (κ3) is 1.19. The molecule has 0 bridgehead atoms. The molecule has 4 nitrogen and oxygen atoms in total. The molecule has 0 atom stereocenters. The van der Waals surface area contributed by atoms with E-state index in [2.05, 4.69) is 11.2 Å². The highest BCUT2D eigenvalue weighted by Gasteiger charge is 2.03. The van der Waals surface area contributed by atoms with Gasteiger partial charge in [-0.3, -0.25) is 4.90 Å². The zero-order chi connectivity index (χ0) is 10.1. The van der Waals surface area contributed by atoms with Gasteiger partial charge in [-0.05, 0) is 18.2 Å². The highest BCUT2D eigenvalue weighted by molar-refractivity contribution is 5.80. The molecule has 0 fully saturated rings. The van der Waals surface area contributed by atoms with Gasteiger partial charge in [0.15, 0.2) is 6.19 Å². The van der Waals surface area contributed by atoms with Crippen LogP contribution in [-0.4, -0.2) is 16.6 Å². The van der Waals surface area contributed by atoms with Crippen LogP contribution in [-0.2, 0) is 7.05 Å². The fraction of sp³-hybridized carbons (Fsp3) is 0.200. The molecule has 14 heavy (non-hydrogen) atoms. The summed E-state index contributed by atoms with van der Waals surface area (Å²) in [6.07, 6.45) is 3.82. The van der Waals surface area contributed by atoms with Gasteiger partial charge in [0, 0.05) is 14.1 Å². The van der Waals surface area contributed by atoms with E-state index in [1.54, 1.807) is 13.4 Å². The number of nitriles is 1. The molecule has 0 aliphatic heterocycles. The van der Waals surface area contributed by atoms with Crippen LogP contribution in [0.5, 0.6) is 0 Å². The molecule has 1 aromatic heterocycles. The standard InChI is InChI=1S/C10H10N4/c1-13(6-11)8-3-4-10-9(5-8)12-7-14(10)2/h3-5,7H,1-2H3. The van der Waals surface area contributed by atoms with E-state index in [-0.39, 0.29) is 0 Å². The second kappa shape index (κ2) is 3.04. The third-order valence-corrected chi connectivity index (χ3v) is 2.25. The monoisotopic (exact) mass is 186 g/mol. The third-order valence-electron chi connectivity index (χ3n) is 2.25. The van der Waals surface area contributed by atoms with Crippen LogP contribution in [0, 0.1) is 11.5 Å². The van der Waals surface area contributed by atoms with Crippen molar-refractivity contribution >= 4 is 16.7 Å². The van der Waals surface area contributed by atoms with Crippen molar-refractivity contribution in [3.8, 4) is 6.19 Å². The fourth-order valence-corrected chi connectivity index (χ4v) is 1.39. The molecule has 70 valence electrons. The molecule has 0 saturated carbocycles. The molecule has 0 radical (unpaired) electrons. The van der Waals surface area contributed by atoms with Crippen LogP contribution in [0.4, 0.5) is 5.69 Å². The van der Waals surface area contributed by atoms with E-state index in [0.29, 0.717) is 0 Å². The van der Waals surface area contributed by atoms with Crippen molar-refractivity contribution in [2.24, 2.45) is 7.05 Å². The topological polar surface area (TPSA) is 44.9 Å². The minimum atomic E-state index is 0.860. The fourth-order valence-electron chi connectivity index (χ4n) is 1.39. The zero-order valence-corrected chi connectivity index (χ0v) is 8.10. The predicted octanol–water partition coefficient (Wildman–Crippen LogP) is 1.49. The molecule has 0 unspecified atom stereocenters. The van der Waals surface area contributed by atoms with E-state index in [9.17, 15) is 0 Å². The summed E-state index contributed by atoms with van der Waals surface area (Å²) in [5, 5.41) is 8.72. The summed E-state index contributed by atoms with van der Waals surface area (Å²) < 4.78 is 1.95. The first kappa shape index (κ1) is 8.57. The average molecular weight is 186 g/mol. The first-order valence-corrected chi connectivity index (χ1v) is 4.27. The second-order valence-electron chi connectivity index (χ2n) is 3.19. The Bertz CT molecular complexity index is 506. The first-order chi connectivity index (χ1) is 6.72. The second-order valence-corrected chi connectivity index (χ2v) is 3.19. The van der Waals surface area contributed by atoms with E-state index >= 15 is 0 Å². The van der Waals surface area contributed by atoms with Gasteiger partial charge in [0.2, 0.25) is 0 Å². The number of aryl methyl sites for hydroxylation is 1. The number of benzene rings is 1. The number of hydrogen-bond donors (Lipinski definition) is 0. The number of fused-ring (bicyclic) bond motifs is 1. The van der Waals surface area contributed by atoms with Gasteiger partial charge in [-0.15, -0.1) is 0 Å². The van der Waals surface area contributed by atoms with Gasteiger partial charge in [0.25, 0.3) is 0 Å². The Balaban J connectivity index is 2.58. The van der Waals surface area contributed by atoms with Gasteiger partial charge in [-0.25, -0.2) is 4.98 Å². The molecule has 4 heteroatoms. The Labute approximate surface area is 82.0 Å². The molecule has 1 aromatic carbocycles. The van der Waals surface area contributed by atoms with Gasteiger partial charge in [-0.2, -0.15) is 5.26 Å². The maximum Gasteiger partial charge on any atom is 0.183 e. The highest BCUT2D eigenvalue weighted by atomic mass is 15.1. The smallest absolute Gasteiger partial charge is 0.183 e. The van der Waals surface area contributed by atoms with E-state index in [1.165, 1.54) is 4.90 Å². The maximum absolute atomic E-state index is 8.72. The average Bonchev–Trinajstić information content (AvgIpc) is 2.59. The summed E-state index contributed by atoms with van der Waals surface area (Å²) in [4.78, 5) is 5.73. The van der Waals surface area contributed by atoms with Gasteiger partial charge in [-0.1, -0.05) is 0 Å². The largest absolute Gasteiger partial charge is 0.334 e. The molecule has 1 heterocycles. The van der Waals surface area contributed by atoms with Gasteiger partial charge >= 0.3 is 0 Å². The summed E-state index contributed by atoms with van der Waals surface area (Å²) in [6, 6.07) is 5.78. The Morgan fingerprint density at radius 1 is 1.50 bits per heavy atom. The number of rotatable bonds is 1. The van der Waals surface area contributed by atoms with Crippen LogP contribution in [0.3, 0.4) is 0 Å². The van der Waals surface area contributed by atoms with Crippen LogP contribution >= 0.6 is 0 Å². The van der Waals surface area contributed by atoms with Gasteiger partial charge < -0.3 is 4.57 Å². The summed E-state index contributed by atoms with van der Waals surface area (Å²) in [6.45, 7) is 0. The Kier molecular flexibility index (Phi) is 1.86. The van der Waals surface area contributed by atoms with Gasteiger partial charge in [0.1, 0.15) is 0 Å². The van der Waals surface area contributed by atoms with Crippen LogP contribution in [0.1, 0.15) is 0 Å². The summed E-state index contributed by atoms with van der Waals surface area (Å²) in [5.74, 6) is 0. The molecule has 2 rings (SSSR count). The van der Waals surface area contributed by atoms with Crippen molar-refractivity contribution < 1.29 is 0 Å². The lowest BCUT2D eigenvalue weighted by Gasteiger charge is -2.07. The van der Waals surface area contributed by atoms with E-state index in [0.717, 1.165) is 16.7 Å².